The Hall–Kier alpha value is -1.61. The molecule has 1 aromatic heterocycles. The largest absolute Gasteiger partial charge is 0.346 e. The Morgan fingerprint density at radius 3 is 2.75 bits per heavy atom. The molecule has 106 valence electrons. The molecule has 1 aliphatic rings. The molecule has 0 spiro atoms. The van der Waals surface area contributed by atoms with Crippen molar-refractivity contribution in [1.29, 1.82) is 0 Å². The number of nitrogens with zero attached hydrogens (tertiary/aromatic N) is 1. The molecule has 3 heteroatoms. The molecule has 1 aromatic carbocycles. The number of pyridine rings is 1. The Morgan fingerprint density at radius 1 is 1.10 bits per heavy atom. The number of fused-ring (bicyclic) bond motifs is 1. The maximum absolute atomic E-state index is 11.8. The van der Waals surface area contributed by atoms with Gasteiger partial charge in [0.05, 0.1) is 5.52 Å². The average molecular weight is 270 g/mol. The van der Waals surface area contributed by atoms with Crippen LogP contribution in [-0.4, -0.2) is 17.2 Å². The summed E-state index contributed by atoms with van der Waals surface area (Å²) in [6.45, 7) is 1.88. The van der Waals surface area contributed by atoms with Crippen molar-refractivity contribution < 1.29 is 0 Å². The molecule has 0 bridgehead atoms. The Morgan fingerprint density at radius 2 is 1.90 bits per heavy atom. The summed E-state index contributed by atoms with van der Waals surface area (Å²) >= 11 is 0. The maximum atomic E-state index is 11.8. The number of benzene rings is 1. The zero-order chi connectivity index (χ0) is 13.8. The summed E-state index contributed by atoms with van der Waals surface area (Å²) in [5.74, 6) is 0. The number of para-hydroxylation sites is 1. The summed E-state index contributed by atoms with van der Waals surface area (Å²) in [6.07, 6.45) is 8.64. The van der Waals surface area contributed by atoms with Crippen molar-refractivity contribution in [3.05, 3.63) is 46.8 Å². The van der Waals surface area contributed by atoms with E-state index in [0.29, 0.717) is 6.04 Å². The maximum Gasteiger partial charge on any atom is 0.189 e. The fourth-order valence-electron chi connectivity index (χ4n) is 3.15. The molecule has 3 nitrogen and oxygen atoms in total. The van der Waals surface area contributed by atoms with Crippen LogP contribution in [0.5, 0.6) is 0 Å². The van der Waals surface area contributed by atoms with Gasteiger partial charge < -0.3 is 9.88 Å². The topological polar surface area (TPSA) is 34.0 Å². The molecule has 1 N–H and O–H groups in total. The van der Waals surface area contributed by atoms with E-state index in [9.17, 15) is 4.79 Å². The van der Waals surface area contributed by atoms with E-state index in [-0.39, 0.29) is 5.43 Å². The van der Waals surface area contributed by atoms with Gasteiger partial charge >= 0.3 is 0 Å². The standard InChI is InChI=1S/C17H22N2O/c20-17-10-12-19(16-9-5-4-8-15(16)17)13-11-18-14-6-2-1-3-7-14/h4-5,8-10,12,14,18H,1-3,6-7,11,13H2. The molecule has 0 unspecified atom stereocenters. The molecule has 0 atom stereocenters. The molecular formula is C17H22N2O. The minimum atomic E-state index is 0.108. The average Bonchev–Trinajstić information content (AvgIpc) is 2.51. The molecule has 3 rings (SSSR count). The van der Waals surface area contributed by atoms with Crippen LogP contribution in [0.25, 0.3) is 10.9 Å². The molecule has 1 aliphatic carbocycles. The number of aromatic nitrogens is 1. The van der Waals surface area contributed by atoms with Crippen molar-refractivity contribution in [2.45, 2.75) is 44.7 Å². The van der Waals surface area contributed by atoms with E-state index in [0.717, 1.165) is 24.0 Å². The van der Waals surface area contributed by atoms with Crippen molar-refractivity contribution in [2.75, 3.05) is 6.54 Å². The first-order valence-electron chi connectivity index (χ1n) is 7.66. The Labute approximate surface area is 119 Å². The zero-order valence-corrected chi connectivity index (χ0v) is 11.8. The van der Waals surface area contributed by atoms with Crippen molar-refractivity contribution in [3.8, 4) is 0 Å². The fraction of sp³-hybridized carbons (Fsp3) is 0.471. The number of hydrogen-bond donors (Lipinski definition) is 1. The molecule has 1 fully saturated rings. The van der Waals surface area contributed by atoms with Crippen LogP contribution in [0.4, 0.5) is 0 Å². The molecular weight excluding hydrogens is 248 g/mol. The minimum Gasteiger partial charge on any atom is -0.346 e. The second kappa shape index (κ2) is 6.23. The number of hydrogen-bond acceptors (Lipinski definition) is 2. The van der Waals surface area contributed by atoms with Crippen LogP contribution < -0.4 is 10.7 Å². The third-order valence-corrected chi connectivity index (χ3v) is 4.28. The number of nitrogens with one attached hydrogen (secondary N) is 1. The van der Waals surface area contributed by atoms with Gasteiger partial charge in [-0.3, -0.25) is 4.79 Å². The SMILES string of the molecule is O=c1ccn(CCNC2CCCCC2)c2ccccc12. The van der Waals surface area contributed by atoms with Crippen LogP contribution in [0.1, 0.15) is 32.1 Å². The third kappa shape index (κ3) is 2.93. The second-order valence-corrected chi connectivity index (χ2v) is 5.68. The minimum absolute atomic E-state index is 0.108. The van der Waals surface area contributed by atoms with Crippen LogP contribution in [-0.2, 0) is 6.54 Å². The smallest absolute Gasteiger partial charge is 0.189 e. The van der Waals surface area contributed by atoms with Crippen molar-refractivity contribution >= 4 is 10.9 Å². The van der Waals surface area contributed by atoms with E-state index in [2.05, 4.69) is 9.88 Å². The summed E-state index contributed by atoms with van der Waals surface area (Å²) in [5, 5.41) is 4.46. The second-order valence-electron chi connectivity index (χ2n) is 5.68. The molecule has 0 amide bonds. The lowest BCUT2D eigenvalue weighted by atomic mass is 9.95. The molecule has 0 saturated heterocycles. The predicted molar refractivity (Wildman–Crippen MR) is 83.1 cm³/mol. The molecule has 1 saturated carbocycles. The normalized spacial score (nSPS) is 16.6. The Bertz CT molecular complexity index is 626. The van der Waals surface area contributed by atoms with Crippen LogP contribution in [0.2, 0.25) is 0 Å². The van der Waals surface area contributed by atoms with Crippen molar-refractivity contribution in [1.82, 2.24) is 9.88 Å². The van der Waals surface area contributed by atoms with Gasteiger partial charge in [0.1, 0.15) is 0 Å². The number of rotatable bonds is 4. The Balaban J connectivity index is 1.68. The van der Waals surface area contributed by atoms with Gasteiger partial charge in [-0.25, -0.2) is 0 Å². The van der Waals surface area contributed by atoms with Crippen LogP contribution in [0.3, 0.4) is 0 Å². The quantitative estimate of drug-likeness (QED) is 0.927. The van der Waals surface area contributed by atoms with Gasteiger partial charge in [-0.15, -0.1) is 0 Å². The molecule has 0 radical (unpaired) electrons. The first-order valence-corrected chi connectivity index (χ1v) is 7.66. The summed E-state index contributed by atoms with van der Waals surface area (Å²) in [4.78, 5) is 11.8. The lowest BCUT2D eigenvalue weighted by molar-refractivity contribution is 0.368. The van der Waals surface area contributed by atoms with Crippen LogP contribution in [0, 0.1) is 0 Å². The molecule has 20 heavy (non-hydrogen) atoms. The molecule has 0 aliphatic heterocycles. The van der Waals surface area contributed by atoms with E-state index < -0.39 is 0 Å². The highest BCUT2D eigenvalue weighted by Crippen LogP contribution is 2.17. The summed E-state index contributed by atoms with van der Waals surface area (Å²) in [6, 6.07) is 10.2. The van der Waals surface area contributed by atoms with Crippen molar-refractivity contribution in [3.63, 3.8) is 0 Å². The summed E-state index contributed by atoms with van der Waals surface area (Å²) in [7, 11) is 0. The lowest BCUT2D eigenvalue weighted by Gasteiger charge is -2.23. The predicted octanol–water partition coefficient (Wildman–Crippen LogP) is 2.92. The van der Waals surface area contributed by atoms with Crippen LogP contribution in [0.15, 0.2) is 41.3 Å². The Kier molecular flexibility index (Phi) is 4.16. The van der Waals surface area contributed by atoms with E-state index in [1.54, 1.807) is 6.07 Å². The van der Waals surface area contributed by atoms with E-state index in [4.69, 9.17) is 0 Å². The van der Waals surface area contributed by atoms with Gasteiger partial charge in [-0.05, 0) is 25.0 Å². The van der Waals surface area contributed by atoms with Gasteiger partial charge in [0.25, 0.3) is 0 Å². The van der Waals surface area contributed by atoms with Gasteiger partial charge in [0.15, 0.2) is 5.43 Å². The lowest BCUT2D eigenvalue weighted by Crippen LogP contribution is -2.33. The van der Waals surface area contributed by atoms with Gasteiger partial charge in [-0.1, -0.05) is 31.4 Å². The monoisotopic (exact) mass is 270 g/mol. The summed E-state index contributed by atoms with van der Waals surface area (Å²) in [5.41, 5.74) is 1.14. The molecule has 1 heterocycles. The van der Waals surface area contributed by atoms with Gasteiger partial charge in [0, 0.05) is 36.8 Å². The van der Waals surface area contributed by atoms with E-state index in [1.165, 1.54) is 32.1 Å². The summed E-state index contributed by atoms with van der Waals surface area (Å²) < 4.78 is 2.17. The highest BCUT2D eigenvalue weighted by molar-refractivity contribution is 5.78. The highest BCUT2D eigenvalue weighted by atomic mass is 16.1. The van der Waals surface area contributed by atoms with E-state index in [1.807, 2.05) is 30.5 Å². The third-order valence-electron chi connectivity index (χ3n) is 4.28. The first-order chi connectivity index (χ1) is 9.84. The van der Waals surface area contributed by atoms with Gasteiger partial charge in [-0.2, -0.15) is 0 Å². The molecule has 2 aromatic rings. The first kappa shape index (κ1) is 13.4. The van der Waals surface area contributed by atoms with E-state index >= 15 is 0 Å². The van der Waals surface area contributed by atoms with Crippen molar-refractivity contribution in [2.24, 2.45) is 0 Å². The zero-order valence-electron chi connectivity index (χ0n) is 11.8. The van der Waals surface area contributed by atoms with Gasteiger partial charge in [0.2, 0.25) is 0 Å². The van der Waals surface area contributed by atoms with Crippen LogP contribution >= 0.6 is 0 Å². The highest BCUT2D eigenvalue weighted by Gasteiger charge is 2.12. The fourth-order valence-corrected chi connectivity index (χ4v) is 3.15.